The molecule has 2 saturated heterocycles. The molecular formula is C9H18N2O. The van der Waals surface area contributed by atoms with Gasteiger partial charge >= 0.3 is 0 Å². The maximum absolute atomic E-state index is 5.31. The second-order valence-electron chi connectivity index (χ2n) is 3.74. The van der Waals surface area contributed by atoms with Crippen molar-refractivity contribution in [1.29, 1.82) is 0 Å². The molecule has 0 radical (unpaired) electrons. The first-order chi connectivity index (χ1) is 5.95. The summed E-state index contributed by atoms with van der Waals surface area (Å²) >= 11 is 0. The lowest BCUT2D eigenvalue weighted by atomic mass is 10.2. The van der Waals surface area contributed by atoms with Crippen molar-refractivity contribution in [3.63, 3.8) is 0 Å². The van der Waals surface area contributed by atoms with Gasteiger partial charge < -0.3 is 4.74 Å². The Bertz CT molecular complexity index is 128. The molecule has 0 aromatic carbocycles. The van der Waals surface area contributed by atoms with Gasteiger partial charge in [-0.15, -0.1) is 0 Å². The van der Waals surface area contributed by atoms with E-state index < -0.39 is 0 Å². The average Bonchev–Trinajstić information content (AvgIpc) is 2.59. The number of hydrogen-bond acceptors (Lipinski definition) is 3. The fraction of sp³-hybridized carbons (Fsp3) is 1.00. The van der Waals surface area contributed by atoms with E-state index in [1.807, 2.05) is 0 Å². The van der Waals surface area contributed by atoms with Crippen LogP contribution in [0.1, 0.15) is 25.7 Å². The van der Waals surface area contributed by atoms with Crippen LogP contribution in [0, 0.1) is 0 Å². The van der Waals surface area contributed by atoms with Crippen molar-refractivity contribution in [3.05, 3.63) is 0 Å². The lowest BCUT2D eigenvalue weighted by Gasteiger charge is -2.29. The first-order valence-corrected chi connectivity index (χ1v) is 5.04. The Morgan fingerprint density at radius 1 is 1.17 bits per heavy atom. The van der Waals surface area contributed by atoms with E-state index in [9.17, 15) is 0 Å². The monoisotopic (exact) mass is 170 g/mol. The number of nitrogens with one attached hydrogen (secondary N) is 1. The minimum absolute atomic E-state index is 0.586. The highest BCUT2D eigenvalue weighted by molar-refractivity contribution is 4.71. The maximum Gasteiger partial charge on any atom is 0.0634 e. The summed E-state index contributed by atoms with van der Waals surface area (Å²) in [4.78, 5) is 0. The lowest BCUT2D eigenvalue weighted by molar-refractivity contribution is 0.115. The summed E-state index contributed by atoms with van der Waals surface area (Å²) in [7, 11) is 0. The first kappa shape index (κ1) is 8.48. The van der Waals surface area contributed by atoms with Gasteiger partial charge in [-0.2, -0.15) is 0 Å². The van der Waals surface area contributed by atoms with Gasteiger partial charge in [0.1, 0.15) is 0 Å². The molecule has 2 fully saturated rings. The van der Waals surface area contributed by atoms with Gasteiger partial charge in [0.2, 0.25) is 0 Å². The fourth-order valence-electron chi connectivity index (χ4n) is 1.92. The van der Waals surface area contributed by atoms with Crippen LogP contribution >= 0.6 is 0 Å². The van der Waals surface area contributed by atoms with Crippen LogP contribution in [0.25, 0.3) is 0 Å². The van der Waals surface area contributed by atoms with Crippen LogP contribution in [0.4, 0.5) is 0 Å². The Morgan fingerprint density at radius 3 is 2.67 bits per heavy atom. The van der Waals surface area contributed by atoms with Crippen LogP contribution in [0.5, 0.6) is 0 Å². The minimum Gasteiger partial charge on any atom is -0.380 e. The topological polar surface area (TPSA) is 24.5 Å². The highest BCUT2D eigenvalue weighted by Gasteiger charge is 2.19. The highest BCUT2D eigenvalue weighted by Crippen LogP contribution is 2.09. The third-order valence-electron chi connectivity index (χ3n) is 2.65. The molecule has 3 heteroatoms. The molecule has 1 atom stereocenters. The Balaban J connectivity index is 1.69. The zero-order chi connectivity index (χ0) is 8.23. The summed E-state index contributed by atoms with van der Waals surface area (Å²) in [5, 5.41) is 2.36. The van der Waals surface area contributed by atoms with Crippen molar-refractivity contribution in [3.8, 4) is 0 Å². The van der Waals surface area contributed by atoms with Gasteiger partial charge in [-0.25, -0.2) is 10.4 Å². The molecule has 0 aromatic rings. The second-order valence-corrected chi connectivity index (χ2v) is 3.74. The third-order valence-corrected chi connectivity index (χ3v) is 2.65. The van der Waals surface area contributed by atoms with Gasteiger partial charge in [0.05, 0.1) is 6.61 Å². The van der Waals surface area contributed by atoms with Crippen molar-refractivity contribution in [2.75, 3.05) is 26.3 Å². The standard InChI is InChI=1S/C9H18N2O/c1-2-5-11(6-3-1)10-9-4-7-12-8-9/h9-10H,1-8H2. The molecule has 0 bridgehead atoms. The number of hydrazine groups is 1. The van der Waals surface area contributed by atoms with Crippen LogP contribution in [-0.2, 0) is 4.74 Å². The van der Waals surface area contributed by atoms with Crippen LogP contribution in [0.3, 0.4) is 0 Å². The summed E-state index contributed by atoms with van der Waals surface area (Å²) in [5.41, 5.74) is 3.53. The molecule has 1 unspecified atom stereocenters. The summed E-state index contributed by atoms with van der Waals surface area (Å²) in [5.74, 6) is 0. The summed E-state index contributed by atoms with van der Waals surface area (Å²) in [6, 6.07) is 0.586. The van der Waals surface area contributed by atoms with Gasteiger partial charge in [0.15, 0.2) is 0 Å². The zero-order valence-electron chi connectivity index (χ0n) is 7.59. The Hall–Kier alpha value is -0.120. The van der Waals surface area contributed by atoms with E-state index in [0.29, 0.717) is 6.04 Å². The van der Waals surface area contributed by atoms with Gasteiger partial charge in [0.25, 0.3) is 0 Å². The highest BCUT2D eigenvalue weighted by atomic mass is 16.5. The minimum atomic E-state index is 0.586. The summed E-state index contributed by atoms with van der Waals surface area (Å²) in [6.07, 6.45) is 5.27. The van der Waals surface area contributed by atoms with Gasteiger partial charge in [0, 0.05) is 25.7 Å². The molecule has 0 spiro atoms. The third kappa shape index (κ3) is 2.19. The number of piperidine rings is 1. The fourth-order valence-corrected chi connectivity index (χ4v) is 1.92. The summed E-state index contributed by atoms with van der Waals surface area (Å²) < 4.78 is 5.31. The van der Waals surface area contributed by atoms with E-state index in [1.54, 1.807) is 0 Å². The molecule has 70 valence electrons. The molecule has 2 aliphatic rings. The van der Waals surface area contributed by atoms with Crippen LogP contribution < -0.4 is 5.43 Å². The molecule has 0 saturated carbocycles. The lowest BCUT2D eigenvalue weighted by Crippen LogP contribution is -2.47. The SMILES string of the molecule is C1CCN(NC2CCOC2)CC1. The molecule has 2 aliphatic heterocycles. The van der Waals surface area contributed by atoms with E-state index in [1.165, 1.54) is 38.8 Å². The van der Waals surface area contributed by atoms with Crippen molar-refractivity contribution in [2.24, 2.45) is 0 Å². The molecule has 0 amide bonds. The molecule has 2 rings (SSSR count). The number of hydrogen-bond donors (Lipinski definition) is 1. The second kappa shape index (κ2) is 4.21. The molecule has 0 aromatic heterocycles. The smallest absolute Gasteiger partial charge is 0.0634 e. The van der Waals surface area contributed by atoms with Gasteiger partial charge in [-0.05, 0) is 19.3 Å². The molecule has 2 heterocycles. The molecular weight excluding hydrogens is 152 g/mol. The zero-order valence-corrected chi connectivity index (χ0v) is 7.59. The Kier molecular flexibility index (Phi) is 2.98. The van der Waals surface area contributed by atoms with Crippen molar-refractivity contribution in [2.45, 2.75) is 31.7 Å². The van der Waals surface area contributed by atoms with Crippen LogP contribution in [-0.4, -0.2) is 37.4 Å². The first-order valence-electron chi connectivity index (χ1n) is 5.04. The van der Waals surface area contributed by atoms with Crippen molar-refractivity contribution >= 4 is 0 Å². The van der Waals surface area contributed by atoms with E-state index in [4.69, 9.17) is 4.74 Å². The number of nitrogens with zero attached hydrogens (tertiary/aromatic N) is 1. The van der Waals surface area contributed by atoms with E-state index in [2.05, 4.69) is 10.4 Å². The predicted octanol–water partition coefficient (Wildman–Crippen LogP) is 0.766. The average molecular weight is 170 g/mol. The Morgan fingerprint density at radius 2 is 2.00 bits per heavy atom. The van der Waals surface area contributed by atoms with E-state index in [-0.39, 0.29) is 0 Å². The maximum atomic E-state index is 5.31. The normalized spacial score (nSPS) is 32.5. The molecule has 0 aliphatic carbocycles. The van der Waals surface area contributed by atoms with Crippen LogP contribution in [0.15, 0.2) is 0 Å². The number of ether oxygens (including phenoxy) is 1. The predicted molar refractivity (Wildman–Crippen MR) is 47.8 cm³/mol. The number of rotatable bonds is 2. The van der Waals surface area contributed by atoms with E-state index >= 15 is 0 Å². The van der Waals surface area contributed by atoms with Gasteiger partial charge in [-0.1, -0.05) is 6.42 Å². The summed E-state index contributed by atoms with van der Waals surface area (Å²) in [6.45, 7) is 4.27. The van der Waals surface area contributed by atoms with Crippen LogP contribution in [0.2, 0.25) is 0 Å². The van der Waals surface area contributed by atoms with Crippen molar-refractivity contribution < 1.29 is 4.74 Å². The molecule has 12 heavy (non-hydrogen) atoms. The molecule has 3 nitrogen and oxygen atoms in total. The van der Waals surface area contributed by atoms with Gasteiger partial charge in [-0.3, -0.25) is 0 Å². The van der Waals surface area contributed by atoms with Crippen molar-refractivity contribution in [1.82, 2.24) is 10.4 Å². The quantitative estimate of drug-likeness (QED) is 0.662. The largest absolute Gasteiger partial charge is 0.380 e. The van der Waals surface area contributed by atoms with E-state index in [0.717, 1.165) is 13.2 Å². The molecule has 1 N–H and O–H groups in total. The Labute approximate surface area is 74.0 Å².